The van der Waals surface area contributed by atoms with Gasteiger partial charge in [-0.05, 0) is 43.5 Å². The number of ether oxygens (including phenoxy) is 1. The fourth-order valence-corrected chi connectivity index (χ4v) is 2.44. The Morgan fingerprint density at radius 3 is 2.83 bits per heavy atom. The number of rotatable bonds is 5. The quantitative estimate of drug-likeness (QED) is 0.871. The molecule has 3 heteroatoms. The minimum atomic E-state index is 0.335. The third kappa shape index (κ3) is 4.00. The van der Waals surface area contributed by atoms with Gasteiger partial charge in [-0.1, -0.05) is 19.1 Å². The zero-order chi connectivity index (χ0) is 12.8. The molecule has 100 valence electrons. The van der Waals surface area contributed by atoms with Crippen molar-refractivity contribution in [3.63, 3.8) is 0 Å². The molecule has 3 nitrogen and oxygen atoms in total. The van der Waals surface area contributed by atoms with E-state index in [0.717, 1.165) is 32.7 Å². The SMILES string of the molecule is CCCOC1CCCN(Cc2ccc(O)cc2)C1. The molecule has 1 aromatic carbocycles. The first kappa shape index (κ1) is 13.4. The summed E-state index contributed by atoms with van der Waals surface area (Å²) in [6.07, 6.45) is 3.89. The van der Waals surface area contributed by atoms with Crippen molar-refractivity contribution in [2.24, 2.45) is 0 Å². The molecule has 1 N–H and O–H groups in total. The second kappa shape index (κ2) is 6.76. The molecule has 0 aromatic heterocycles. The van der Waals surface area contributed by atoms with Crippen LogP contribution >= 0.6 is 0 Å². The lowest BCUT2D eigenvalue weighted by Crippen LogP contribution is -2.39. The molecule has 1 unspecified atom stereocenters. The summed E-state index contributed by atoms with van der Waals surface area (Å²) >= 11 is 0. The lowest BCUT2D eigenvalue weighted by atomic mass is 10.1. The maximum atomic E-state index is 9.27. The van der Waals surface area contributed by atoms with Crippen LogP contribution in [0.1, 0.15) is 31.7 Å². The highest BCUT2D eigenvalue weighted by atomic mass is 16.5. The summed E-state index contributed by atoms with van der Waals surface area (Å²) < 4.78 is 5.84. The molecule has 1 heterocycles. The first-order chi connectivity index (χ1) is 8.78. The Morgan fingerprint density at radius 1 is 1.33 bits per heavy atom. The Balaban J connectivity index is 1.83. The van der Waals surface area contributed by atoms with Gasteiger partial charge in [0.25, 0.3) is 0 Å². The fraction of sp³-hybridized carbons (Fsp3) is 0.600. The van der Waals surface area contributed by atoms with Crippen LogP contribution < -0.4 is 0 Å². The second-order valence-corrected chi connectivity index (χ2v) is 5.04. The van der Waals surface area contributed by atoms with Gasteiger partial charge in [-0.2, -0.15) is 0 Å². The summed E-state index contributed by atoms with van der Waals surface area (Å²) in [6.45, 7) is 6.15. The highest BCUT2D eigenvalue weighted by Gasteiger charge is 2.19. The Kier molecular flexibility index (Phi) is 5.02. The number of phenols is 1. The predicted molar refractivity (Wildman–Crippen MR) is 72.6 cm³/mol. The summed E-state index contributed by atoms with van der Waals surface area (Å²) in [5, 5.41) is 9.27. The minimum Gasteiger partial charge on any atom is -0.508 e. The van der Waals surface area contributed by atoms with Crippen LogP contribution in [-0.4, -0.2) is 35.8 Å². The minimum absolute atomic E-state index is 0.335. The van der Waals surface area contributed by atoms with Crippen molar-refractivity contribution in [3.8, 4) is 5.75 Å². The highest BCUT2D eigenvalue weighted by Crippen LogP contribution is 2.17. The molecule has 1 atom stereocenters. The predicted octanol–water partition coefficient (Wildman–Crippen LogP) is 2.78. The number of hydrogen-bond acceptors (Lipinski definition) is 3. The number of likely N-dealkylation sites (tertiary alicyclic amines) is 1. The van der Waals surface area contributed by atoms with Gasteiger partial charge in [-0.15, -0.1) is 0 Å². The van der Waals surface area contributed by atoms with Crippen LogP contribution in [0.2, 0.25) is 0 Å². The van der Waals surface area contributed by atoms with Gasteiger partial charge in [-0.3, -0.25) is 4.90 Å². The number of nitrogens with zero attached hydrogens (tertiary/aromatic N) is 1. The normalized spacial score (nSPS) is 21.1. The topological polar surface area (TPSA) is 32.7 Å². The van der Waals surface area contributed by atoms with E-state index in [2.05, 4.69) is 11.8 Å². The molecule has 1 fully saturated rings. The maximum Gasteiger partial charge on any atom is 0.115 e. The molecule has 1 aliphatic rings. The molecule has 2 rings (SSSR count). The van der Waals surface area contributed by atoms with Crippen LogP contribution in [0.25, 0.3) is 0 Å². The van der Waals surface area contributed by atoms with Gasteiger partial charge in [0.15, 0.2) is 0 Å². The van der Waals surface area contributed by atoms with Crippen LogP contribution in [0.4, 0.5) is 0 Å². The van der Waals surface area contributed by atoms with E-state index in [1.54, 1.807) is 12.1 Å². The van der Waals surface area contributed by atoms with Gasteiger partial charge in [-0.25, -0.2) is 0 Å². The molecule has 0 spiro atoms. The van der Waals surface area contributed by atoms with Gasteiger partial charge in [0.05, 0.1) is 6.10 Å². The average Bonchev–Trinajstić information content (AvgIpc) is 2.40. The van der Waals surface area contributed by atoms with E-state index >= 15 is 0 Å². The lowest BCUT2D eigenvalue weighted by Gasteiger charge is -2.32. The Morgan fingerprint density at radius 2 is 2.11 bits per heavy atom. The first-order valence-corrected chi connectivity index (χ1v) is 6.90. The summed E-state index contributed by atoms with van der Waals surface area (Å²) in [4.78, 5) is 2.44. The van der Waals surface area contributed by atoms with E-state index in [-0.39, 0.29) is 0 Å². The zero-order valence-electron chi connectivity index (χ0n) is 11.1. The molecule has 1 aromatic rings. The van der Waals surface area contributed by atoms with Crippen LogP contribution in [0.5, 0.6) is 5.75 Å². The molecule has 0 radical (unpaired) electrons. The largest absolute Gasteiger partial charge is 0.508 e. The van der Waals surface area contributed by atoms with Crippen LogP contribution in [0.3, 0.4) is 0 Å². The first-order valence-electron chi connectivity index (χ1n) is 6.90. The van der Waals surface area contributed by atoms with Crippen molar-refractivity contribution in [1.29, 1.82) is 0 Å². The van der Waals surface area contributed by atoms with Crippen LogP contribution in [0.15, 0.2) is 24.3 Å². The van der Waals surface area contributed by atoms with E-state index in [4.69, 9.17) is 4.74 Å². The smallest absolute Gasteiger partial charge is 0.115 e. The van der Waals surface area contributed by atoms with Crippen LogP contribution in [0, 0.1) is 0 Å². The van der Waals surface area contributed by atoms with Crippen molar-refractivity contribution in [3.05, 3.63) is 29.8 Å². The van der Waals surface area contributed by atoms with Gasteiger partial charge in [0.1, 0.15) is 5.75 Å². The number of hydrogen-bond donors (Lipinski definition) is 1. The van der Waals surface area contributed by atoms with Crippen molar-refractivity contribution in [1.82, 2.24) is 4.90 Å². The van der Waals surface area contributed by atoms with Crippen molar-refractivity contribution in [2.75, 3.05) is 19.7 Å². The number of piperidine rings is 1. The molecule has 1 saturated heterocycles. The maximum absolute atomic E-state index is 9.27. The second-order valence-electron chi connectivity index (χ2n) is 5.04. The average molecular weight is 249 g/mol. The van der Waals surface area contributed by atoms with E-state index in [1.807, 2.05) is 12.1 Å². The van der Waals surface area contributed by atoms with Crippen molar-refractivity contribution in [2.45, 2.75) is 38.8 Å². The molecule has 0 amide bonds. The molecule has 18 heavy (non-hydrogen) atoms. The highest BCUT2D eigenvalue weighted by molar-refractivity contribution is 5.25. The molecular weight excluding hydrogens is 226 g/mol. The van der Waals surface area contributed by atoms with Gasteiger partial charge >= 0.3 is 0 Å². The summed E-state index contributed by atoms with van der Waals surface area (Å²) in [5.41, 5.74) is 1.25. The Labute approximate surface area is 109 Å². The zero-order valence-corrected chi connectivity index (χ0v) is 11.1. The molecule has 0 aliphatic carbocycles. The lowest BCUT2D eigenvalue weighted by molar-refractivity contribution is -0.00223. The molecular formula is C15H23NO2. The Hall–Kier alpha value is -1.06. The van der Waals surface area contributed by atoms with E-state index < -0.39 is 0 Å². The third-order valence-electron chi connectivity index (χ3n) is 3.36. The van der Waals surface area contributed by atoms with Crippen molar-refractivity contribution < 1.29 is 9.84 Å². The van der Waals surface area contributed by atoms with E-state index in [9.17, 15) is 5.11 Å². The third-order valence-corrected chi connectivity index (χ3v) is 3.36. The van der Waals surface area contributed by atoms with Crippen molar-refractivity contribution >= 4 is 0 Å². The van der Waals surface area contributed by atoms with Crippen LogP contribution in [-0.2, 0) is 11.3 Å². The standard InChI is InChI=1S/C15H23NO2/c1-2-10-18-15-4-3-9-16(12-15)11-13-5-7-14(17)8-6-13/h5-8,15,17H,2-4,9-12H2,1H3. The van der Waals surface area contributed by atoms with Gasteiger partial charge in [0.2, 0.25) is 0 Å². The van der Waals surface area contributed by atoms with Gasteiger partial charge in [0, 0.05) is 19.7 Å². The summed E-state index contributed by atoms with van der Waals surface area (Å²) in [6, 6.07) is 7.49. The van der Waals surface area contributed by atoms with E-state index in [0.29, 0.717) is 11.9 Å². The van der Waals surface area contributed by atoms with Gasteiger partial charge < -0.3 is 9.84 Å². The number of phenolic OH excluding ortho intramolecular Hbond substituents is 1. The number of aromatic hydroxyl groups is 1. The molecule has 1 aliphatic heterocycles. The number of benzene rings is 1. The van der Waals surface area contributed by atoms with E-state index in [1.165, 1.54) is 18.4 Å². The monoisotopic (exact) mass is 249 g/mol. The fourth-order valence-electron chi connectivity index (χ4n) is 2.44. The summed E-state index contributed by atoms with van der Waals surface area (Å²) in [5.74, 6) is 0.335. The molecule has 0 saturated carbocycles. The molecule has 0 bridgehead atoms. The Bertz CT molecular complexity index is 350. The summed E-state index contributed by atoms with van der Waals surface area (Å²) in [7, 11) is 0.